The molecule has 0 saturated carbocycles. The molecule has 0 rings (SSSR count). The van der Waals surface area contributed by atoms with Crippen molar-refractivity contribution >= 4 is 26.1 Å². The van der Waals surface area contributed by atoms with Crippen LogP contribution in [0.15, 0.2) is 0 Å². The van der Waals surface area contributed by atoms with Gasteiger partial charge in [0.2, 0.25) is 0 Å². The molecule has 0 aromatic carbocycles. The quantitative estimate of drug-likeness (QED) is 0.394. The third-order valence-electron chi connectivity index (χ3n) is 0.408. The van der Waals surface area contributed by atoms with Crippen LogP contribution in [0, 0.1) is 0 Å². The van der Waals surface area contributed by atoms with Crippen molar-refractivity contribution in [1.82, 2.24) is 0 Å². The molecule has 0 aliphatic carbocycles. The Kier molecular flexibility index (Phi) is 5.97. The average molecular weight is 152 g/mol. The van der Waals surface area contributed by atoms with Crippen molar-refractivity contribution in [2.75, 3.05) is 6.16 Å². The van der Waals surface area contributed by atoms with Crippen LogP contribution in [0.4, 0.5) is 0 Å². The molecule has 0 N–H and O–H groups in total. The van der Waals surface area contributed by atoms with Crippen molar-refractivity contribution in [3.05, 3.63) is 0 Å². The topological polar surface area (TPSA) is 0 Å². The summed E-state index contributed by atoms with van der Waals surface area (Å²) < 4.78 is 0. The van der Waals surface area contributed by atoms with E-state index in [2.05, 4.69) is 9.24 Å². The Morgan fingerprint density at radius 2 is 2.20 bits per heavy atom. The van der Waals surface area contributed by atoms with E-state index in [1.165, 1.54) is 17.8 Å². The maximum atomic E-state index is 2.71. The van der Waals surface area contributed by atoms with Gasteiger partial charge < -0.3 is 0 Å². The van der Waals surface area contributed by atoms with Crippen molar-refractivity contribution in [3.63, 3.8) is 0 Å². The van der Waals surface area contributed by atoms with Crippen molar-refractivity contribution in [1.29, 1.82) is 0 Å². The van der Waals surface area contributed by atoms with Crippen molar-refractivity contribution in [3.8, 4) is 0 Å². The molecular formula is C3H10AsP. The third kappa shape index (κ3) is 4.99. The van der Waals surface area contributed by atoms with Gasteiger partial charge in [-0.05, 0) is 0 Å². The van der Waals surface area contributed by atoms with Crippen LogP contribution >= 0.6 is 9.24 Å². The Bertz CT molecular complexity index is 14.4. The molecule has 0 saturated heterocycles. The Hall–Kier alpha value is 0.988. The molecule has 0 amide bonds. The predicted molar refractivity (Wildman–Crippen MR) is 32.5 cm³/mol. The normalized spacial score (nSPS) is 8.40. The summed E-state index contributed by atoms with van der Waals surface area (Å²) in [7, 11) is 2.71. The van der Waals surface area contributed by atoms with Crippen molar-refractivity contribution < 1.29 is 0 Å². The summed E-state index contributed by atoms with van der Waals surface area (Å²) in [5.41, 5.74) is 0. The van der Waals surface area contributed by atoms with Crippen molar-refractivity contribution in [2.24, 2.45) is 0 Å². The minimum atomic E-state index is 1.28. The first-order valence-corrected chi connectivity index (χ1v) is 4.35. The Morgan fingerprint density at radius 1 is 1.60 bits per heavy atom. The molecule has 0 spiro atoms. The van der Waals surface area contributed by atoms with Gasteiger partial charge in [-0.3, -0.25) is 0 Å². The minimum absolute atomic E-state index is 1.28. The SMILES string of the molecule is PCCC[AsH2]. The van der Waals surface area contributed by atoms with Crippen LogP contribution in [0.3, 0.4) is 0 Å². The van der Waals surface area contributed by atoms with Gasteiger partial charge in [0.25, 0.3) is 0 Å². The summed E-state index contributed by atoms with van der Waals surface area (Å²) >= 11 is 1.83. The number of rotatable bonds is 2. The van der Waals surface area contributed by atoms with Gasteiger partial charge in [0.15, 0.2) is 0 Å². The summed E-state index contributed by atoms with van der Waals surface area (Å²) in [6, 6.07) is 0. The second-order valence-electron chi connectivity index (χ2n) is 0.931. The Balaban J connectivity index is 2.19. The molecule has 2 heteroatoms. The summed E-state index contributed by atoms with van der Waals surface area (Å²) in [5, 5.41) is 1.39. The fourth-order valence-corrected chi connectivity index (χ4v) is 1.84. The molecule has 0 bridgehead atoms. The number of hydrogen-bond acceptors (Lipinski definition) is 0. The maximum absolute atomic E-state index is 2.71. The van der Waals surface area contributed by atoms with Gasteiger partial charge in [-0.1, -0.05) is 0 Å². The van der Waals surface area contributed by atoms with Gasteiger partial charge >= 0.3 is 43.9 Å². The van der Waals surface area contributed by atoms with Gasteiger partial charge in [-0.25, -0.2) is 0 Å². The van der Waals surface area contributed by atoms with E-state index in [1.54, 1.807) is 0 Å². The Labute approximate surface area is 44.4 Å². The second kappa shape index (κ2) is 4.99. The molecule has 0 nitrogen and oxygen atoms in total. The first-order valence-electron chi connectivity index (χ1n) is 1.82. The van der Waals surface area contributed by atoms with Crippen LogP contribution in [-0.4, -0.2) is 23.0 Å². The molecule has 0 aliphatic rings. The zero-order valence-corrected chi connectivity index (χ0v) is 6.85. The number of hydrogen-bond donors (Lipinski definition) is 0. The fourth-order valence-electron chi connectivity index (χ4n) is 0.118. The molecule has 5 heavy (non-hydrogen) atoms. The molecular weight excluding hydrogens is 142 g/mol. The zero-order valence-electron chi connectivity index (χ0n) is 3.28. The molecule has 0 aromatic rings. The van der Waals surface area contributed by atoms with Crippen molar-refractivity contribution in [2.45, 2.75) is 11.6 Å². The molecule has 2 atom stereocenters. The van der Waals surface area contributed by atoms with Crippen LogP contribution < -0.4 is 0 Å². The van der Waals surface area contributed by atoms with Crippen LogP contribution in [-0.2, 0) is 0 Å². The molecule has 32 valence electrons. The average Bonchev–Trinajstić information content (AvgIpc) is 1.41. The van der Waals surface area contributed by atoms with E-state index in [-0.39, 0.29) is 0 Å². The van der Waals surface area contributed by atoms with Crippen LogP contribution in [0.5, 0.6) is 0 Å². The van der Waals surface area contributed by atoms with Gasteiger partial charge in [-0.2, -0.15) is 0 Å². The van der Waals surface area contributed by atoms with E-state index in [9.17, 15) is 0 Å². The molecule has 0 heterocycles. The summed E-state index contributed by atoms with van der Waals surface area (Å²) in [4.78, 5) is 0. The molecule has 0 aromatic heterocycles. The van der Waals surface area contributed by atoms with E-state index in [1.807, 2.05) is 16.9 Å². The van der Waals surface area contributed by atoms with E-state index in [4.69, 9.17) is 0 Å². The summed E-state index contributed by atoms with van der Waals surface area (Å²) in [5.74, 6) is 0. The van der Waals surface area contributed by atoms with E-state index in [0.29, 0.717) is 0 Å². The summed E-state index contributed by atoms with van der Waals surface area (Å²) in [6.45, 7) is 0. The second-order valence-corrected chi connectivity index (χ2v) is 2.72. The molecule has 0 aliphatic heterocycles. The van der Waals surface area contributed by atoms with E-state index < -0.39 is 0 Å². The predicted octanol–water partition coefficient (Wildman–Crippen LogP) is 0.303. The summed E-state index contributed by atoms with van der Waals surface area (Å²) in [6.07, 6.45) is 2.66. The van der Waals surface area contributed by atoms with Gasteiger partial charge in [0, 0.05) is 0 Å². The first-order chi connectivity index (χ1) is 2.41. The third-order valence-corrected chi connectivity index (χ3v) is 1.67. The van der Waals surface area contributed by atoms with E-state index in [0.717, 1.165) is 0 Å². The molecule has 0 radical (unpaired) electrons. The van der Waals surface area contributed by atoms with Gasteiger partial charge in [0.1, 0.15) is 0 Å². The van der Waals surface area contributed by atoms with Gasteiger partial charge in [-0.15, -0.1) is 0 Å². The van der Waals surface area contributed by atoms with Crippen LogP contribution in [0.1, 0.15) is 6.42 Å². The molecule has 2 unspecified atom stereocenters. The first kappa shape index (κ1) is 5.99. The standard InChI is InChI=1S/C3H10AsP/c4-2-1-3-5/h1-5H2. The van der Waals surface area contributed by atoms with Crippen LogP contribution in [0.25, 0.3) is 0 Å². The Morgan fingerprint density at radius 3 is 2.20 bits per heavy atom. The molecule has 0 fully saturated rings. The van der Waals surface area contributed by atoms with E-state index >= 15 is 0 Å². The van der Waals surface area contributed by atoms with Gasteiger partial charge in [0.05, 0.1) is 0 Å². The fraction of sp³-hybridized carbons (Fsp3) is 1.00. The zero-order chi connectivity index (χ0) is 4.12. The van der Waals surface area contributed by atoms with Crippen LogP contribution in [0.2, 0.25) is 5.21 Å². The monoisotopic (exact) mass is 152 g/mol.